The summed E-state index contributed by atoms with van der Waals surface area (Å²) in [5.74, 6) is 0. The maximum atomic E-state index is 12.2. The van der Waals surface area contributed by atoms with Gasteiger partial charge < -0.3 is 10.3 Å². The second-order valence-corrected chi connectivity index (χ2v) is 5.99. The van der Waals surface area contributed by atoms with Crippen molar-refractivity contribution in [3.63, 3.8) is 0 Å². The highest BCUT2D eigenvalue weighted by atomic mass is 32.2. The number of aromatic nitrogens is 1. The molecule has 0 saturated heterocycles. The van der Waals surface area contributed by atoms with Gasteiger partial charge in [0, 0.05) is 31.5 Å². The van der Waals surface area contributed by atoms with Gasteiger partial charge in [0.25, 0.3) is 0 Å². The average Bonchev–Trinajstić information content (AvgIpc) is 2.74. The van der Waals surface area contributed by atoms with Gasteiger partial charge in [0.15, 0.2) is 0 Å². The lowest BCUT2D eigenvalue weighted by atomic mass is 9.95. The summed E-state index contributed by atoms with van der Waals surface area (Å²) >= 11 is 0. The van der Waals surface area contributed by atoms with Crippen molar-refractivity contribution in [1.29, 1.82) is 0 Å². The van der Waals surface area contributed by atoms with Gasteiger partial charge in [-0.15, -0.1) is 0 Å². The lowest BCUT2D eigenvalue weighted by molar-refractivity contribution is 0.363. The van der Waals surface area contributed by atoms with Crippen LogP contribution in [0.1, 0.15) is 26.7 Å². The van der Waals surface area contributed by atoms with Crippen LogP contribution in [-0.2, 0) is 17.1 Å². The minimum atomic E-state index is -3.48. The van der Waals surface area contributed by atoms with E-state index >= 15 is 0 Å². The van der Waals surface area contributed by atoms with Gasteiger partial charge in [0.1, 0.15) is 0 Å². The molecule has 98 valence electrons. The molecule has 0 aliphatic rings. The third kappa shape index (κ3) is 3.08. The van der Waals surface area contributed by atoms with E-state index in [1.807, 2.05) is 13.8 Å². The van der Waals surface area contributed by atoms with Crippen molar-refractivity contribution >= 4 is 10.0 Å². The number of nitrogens with one attached hydrogen (secondary N) is 1. The molecular formula is C11H21N3O2S. The fourth-order valence-electron chi connectivity index (χ4n) is 1.71. The molecular weight excluding hydrogens is 238 g/mol. The summed E-state index contributed by atoms with van der Waals surface area (Å²) in [6.07, 6.45) is 4.63. The molecule has 1 rings (SSSR count). The van der Waals surface area contributed by atoms with Crippen LogP contribution < -0.4 is 10.5 Å². The lowest BCUT2D eigenvalue weighted by Crippen LogP contribution is -2.52. The van der Waals surface area contributed by atoms with Gasteiger partial charge in [-0.1, -0.05) is 13.8 Å². The zero-order chi connectivity index (χ0) is 13.1. The standard InChI is InChI=1S/C11H21N3O2S/c1-4-11(5-2,9-12)13-17(15,16)10-6-7-14(3)8-10/h6-8,13H,4-5,9,12H2,1-3H3. The second kappa shape index (κ2) is 5.20. The van der Waals surface area contributed by atoms with E-state index in [2.05, 4.69) is 4.72 Å². The molecule has 0 aromatic carbocycles. The molecule has 0 fully saturated rings. The van der Waals surface area contributed by atoms with Crippen LogP contribution in [0.3, 0.4) is 0 Å². The average molecular weight is 259 g/mol. The van der Waals surface area contributed by atoms with Crippen LogP contribution in [0.25, 0.3) is 0 Å². The van der Waals surface area contributed by atoms with Crippen molar-refractivity contribution in [3.8, 4) is 0 Å². The summed E-state index contributed by atoms with van der Waals surface area (Å²) in [5, 5.41) is 0. The summed E-state index contributed by atoms with van der Waals surface area (Å²) in [7, 11) is -1.70. The van der Waals surface area contributed by atoms with Crippen molar-refractivity contribution < 1.29 is 8.42 Å². The van der Waals surface area contributed by atoms with Crippen LogP contribution in [0.15, 0.2) is 23.4 Å². The fraction of sp³-hybridized carbons (Fsp3) is 0.636. The highest BCUT2D eigenvalue weighted by molar-refractivity contribution is 7.89. The third-order valence-corrected chi connectivity index (χ3v) is 4.77. The second-order valence-electron chi connectivity index (χ2n) is 4.31. The molecule has 0 amide bonds. The van der Waals surface area contributed by atoms with E-state index in [1.54, 1.807) is 30.1 Å². The number of aryl methyl sites for hydroxylation is 1. The summed E-state index contributed by atoms with van der Waals surface area (Å²) in [6, 6.07) is 1.58. The van der Waals surface area contributed by atoms with Gasteiger partial charge in [-0.3, -0.25) is 0 Å². The van der Waals surface area contributed by atoms with Crippen molar-refractivity contribution in [3.05, 3.63) is 18.5 Å². The maximum Gasteiger partial charge on any atom is 0.242 e. The molecule has 1 aromatic rings. The van der Waals surface area contributed by atoms with Crippen LogP contribution in [0.2, 0.25) is 0 Å². The van der Waals surface area contributed by atoms with E-state index in [1.165, 1.54) is 0 Å². The molecule has 0 aliphatic heterocycles. The van der Waals surface area contributed by atoms with Crippen LogP contribution in [0, 0.1) is 0 Å². The Morgan fingerprint density at radius 1 is 1.41 bits per heavy atom. The van der Waals surface area contributed by atoms with Crippen LogP contribution in [0.4, 0.5) is 0 Å². The molecule has 6 heteroatoms. The first-order chi connectivity index (χ1) is 7.89. The topological polar surface area (TPSA) is 77.1 Å². The molecule has 0 aliphatic carbocycles. The Labute approximate surface area is 103 Å². The van der Waals surface area contributed by atoms with Gasteiger partial charge >= 0.3 is 0 Å². The smallest absolute Gasteiger partial charge is 0.242 e. The third-order valence-electron chi connectivity index (χ3n) is 3.21. The van der Waals surface area contributed by atoms with Crippen molar-refractivity contribution in [2.45, 2.75) is 37.1 Å². The Balaban J connectivity index is 3.00. The largest absolute Gasteiger partial charge is 0.356 e. The van der Waals surface area contributed by atoms with E-state index in [4.69, 9.17) is 5.73 Å². The van der Waals surface area contributed by atoms with Crippen molar-refractivity contribution in [2.24, 2.45) is 12.8 Å². The van der Waals surface area contributed by atoms with Gasteiger partial charge in [0.05, 0.1) is 4.90 Å². The van der Waals surface area contributed by atoms with Crippen LogP contribution >= 0.6 is 0 Å². The minimum absolute atomic E-state index is 0.278. The highest BCUT2D eigenvalue weighted by Crippen LogP contribution is 2.18. The highest BCUT2D eigenvalue weighted by Gasteiger charge is 2.30. The zero-order valence-corrected chi connectivity index (χ0v) is 11.4. The van der Waals surface area contributed by atoms with Crippen LogP contribution in [0.5, 0.6) is 0 Å². The molecule has 1 heterocycles. The predicted molar refractivity (Wildman–Crippen MR) is 68.1 cm³/mol. The van der Waals surface area contributed by atoms with E-state index < -0.39 is 15.6 Å². The minimum Gasteiger partial charge on any atom is -0.356 e. The first-order valence-electron chi connectivity index (χ1n) is 5.75. The number of rotatable bonds is 6. The molecule has 0 bridgehead atoms. The summed E-state index contributed by atoms with van der Waals surface area (Å²) in [6.45, 7) is 4.17. The van der Waals surface area contributed by atoms with E-state index in [9.17, 15) is 8.42 Å². The Kier molecular flexibility index (Phi) is 4.35. The fourth-order valence-corrected chi connectivity index (χ4v) is 3.31. The van der Waals surface area contributed by atoms with Gasteiger partial charge in [-0.25, -0.2) is 13.1 Å². The molecule has 0 atom stereocenters. The normalized spacial score (nSPS) is 12.9. The molecule has 0 radical (unpaired) electrons. The number of nitrogens with two attached hydrogens (primary N) is 1. The van der Waals surface area contributed by atoms with E-state index in [0.29, 0.717) is 19.4 Å². The molecule has 0 spiro atoms. The molecule has 0 unspecified atom stereocenters. The van der Waals surface area contributed by atoms with Gasteiger partial charge in [-0.05, 0) is 18.9 Å². The Bertz CT molecular complexity index is 453. The van der Waals surface area contributed by atoms with E-state index in [-0.39, 0.29) is 4.90 Å². The Morgan fingerprint density at radius 3 is 2.35 bits per heavy atom. The molecule has 17 heavy (non-hydrogen) atoms. The predicted octanol–water partition coefficient (Wildman–Crippen LogP) is 0.821. The number of nitrogens with zero attached hydrogens (tertiary/aromatic N) is 1. The number of hydrogen-bond acceptors (Lipinski definition) is 3. The van der Waals surface area contributed by atoms with Crippen LogP contribution in [-0.4, -0.2) is 25.1 Å². The first kappa shape index (κ1) is 14.2. The Morgan fingerprint density at radius 2 is 2.00 bits per heavy atom. The maximum absolute atomic E-state index is 12.2. The van der Waals surface area contributed by atoms with Crippen molar-refractivity contribution in [2.75, 3.05) is 6.54 Å². The van der Waals surface area contributed by atoms with Crippen molar-refractivity contribution in [1.82, 2.24) is 9.29 Å². The summed E-state index contributed by atoms with van der Waals surface area (Å²) < 4.78 is 28.7. The zero-order valence-electron chi connectivity index (χ0n) is 10.6. The van der Waals surface area contributed by atoms with Gasteiger partial charge in [-0.2, -0.15) is 0 Å². The summed E-state index contributed by atoms with van der Waals surface area (Å²) in [5.41, 5.74) is 5.14. The Hall–Kier alpha value is -0.850. The molecule has 1 aromatic heterocycles. The van der Waals surface area contributed by atoms with E-state index in [0.717, 1.165) is 0 Å². The summed E-state index contributed by atoms with van der Waals surface area (Å²) in [4.78, 5) is 0.278. The monoisotopic (exact) mass is 259 g/mol. The molecule has 0 saturated carbocycles. The number of hydrogen-bond donors (Lipinski definition) is 2. The quantitative estimate of drug-likeness (QED) is 0.794. The number of sulfonamides is 1. The van der Waals surface area contributed by atoms with Gasteiger partial charge in [0.2, 0.25) is 10.0 Å². The molecule has 5 nitrogen and oxygen atoms in total. The lowest BCUT2D eigenvalue weighted by Gasteiger charge is -2.30. The SMILES string of the molecule is CCC(CC)(CN)NS(=O)(=O)c1ccn(C)c1. The molecule has 3 N–H and O–H groups in total. The first-order valence-corrected chi connectivity index (χ1v) is 7.23.